The summed E-state index contributed by atoms with van der Waals surface area (Å²) < 4.78 is 12.1. The van der Waals surface area contributed by atoms with E-state index in [0.717, 1.165) is 5.56 Å². The number of rotatable bonds is 1. The number of nitrogens with one attached hydrogen (secondary N) is 1. The van der Waals surface area contributed by atoms with Gasteiger partial charge in [-0.3, -0.25) is 0 Å². The SMILES string of the molecule is N=Cc1ccc(F)cc1. The zero-order valence-electron chi connectivity index (χ0n) is 4.76. The van der Waals surface area contributed by atoms with Crippen LogP contribution in [0.2, 0.25) is 0 Å². The van der Waals surface area contributed by atoms with Crippen molar-refractivity contribution in [1.29, 1.82) is 5.41 Å². The van der Waals surface area contributed by atoms with Crippen molar-refractivity contribution >= 4 is 6.21 Å². The van der Waals surface area contributed by atoms with Gasteiger partial charge in [0.25, 0.3) is 0 Å². The molecular weight excluding hydrogens is 117 g/mol. The van der Waals surface area contributed by atoms with E-state index in [0.29, 0.717) is 0 Å². The van der Waals surface area contributed by atoms with Crippen LogP contribution in [0.5, 0.6) is 0 Å². The molecule has 0 heterocycles. The molecular formula is C7H6FN. The Labute approximate surface area is 52.6 Å². The molecule has 0 fully saturated rings. The third-order valence-corrected chi connectivity index (χ3v) is 1.04. The number of hydrogen-bond donors (Lipinski definition) is 1. The molecule has 1 rings (SSSR count). The summed E-state index contributed by atoms with van der Waals surface area (Å²) in [7, 11) is 0. The number of halogens is 1. The summed E-state index contributed by atoms with van der Waals surface area (Å²) in [6.07, 6.45) is 1.18. The Morgan fingerprint density at radius 3 is 2.22 bits per heavy atom. The predicted molar refractivity (Wildman–Crippen MR) is 34.3 cm³/mol. The standard InChI is InChI=1S/C7H6FN/c8-7-3-1-6(5-9)2-4-7/h1-5,9H. The molecule has 0 unspecified atom stereocenters. The Bertz CT molecular complexity index is 203. The topological polar surface area (TPSA) is 23.9 Å². The summed E-state index contributed by atoms with van der Waals surface area (Å²) >= 11 is 0. The van der Waals surface area contributed by atoms with Crippen molar-refractivity contribution in [1.82, 2.24) is 0 Å². The highest BCUT2D eigenvalue weighted by Crippen LogP contribution is 1.98. The predicted octanol–water partition coefficient (Wildman–Crippen LogP) is 1.82. The maximum atomic E-state index is 12.1. The van der Waals surface area contributed by atoms with Crippen LogP contribution in [0.4, 0.5) is 4.39 Å². The van der Waals surface area contributed by atoms with Gasteiger partial charge >= 0.3 is 0 Å². The molecule has 2 heteroatoms. The summed E-state index contributed by atoms with van der Waals surface area (Å²) in [5.74, 6) is -0.263. The first kappa shape index (κ1) is 5.95. The van der Waals surface area contributed by atoms with Crippen molar-refractivity contribution in [2.75, 3.05) is 0 Å². The fraction of sp³-hybridized carbons (Fsp3) is 0. The first-order valence-corrected chi connectivity index (χ1v) is 2.59. The number of benzene rings is 1. The van der Waals surface area contributed by atoms with E-state index >= 15 is 0 Å². The zero-order valence-corrected chi connectivity index (χ0v) is 4.76. The lowest BCUT2D eigenvalue weighted by molar-refractivity contribution is 0.628. The van der Waals surface area contributed by atoms with E-state index < -0.39 is 0 Å². The molecule has 0 bridgehead atoms. The molecule has 0 spiro atoms. The molecule has 1 N–H and O–H groups in total. The van der Waals surface area contributed by atoms with Crippen LogP contribution in [-0.4, -0.2) is 6.21 Å². The van der Waals surface area contributed by atoms with Gasteiger partial charge in [-0.25, -0.2) is 4.39 Å². The van der Waals surface area contributed by atoms with E-state index in [-0.39, 0.29) is 5.82 Å². The van der Waals surface area contributed by atoms with Crippen molar-refractivity contribution in [2.24, 2.45) is 0 Å². The van der Waals surface area contributed by atoms with Crippen LogP contribution in [0.3, 0.4) is 0 Å². The molecule has 1 aromatic rings. The minimum atomic E-state index is -0.263. The van der Waals surface area contributed by atoms with Gasteiger partial charge in [0.1, 0.15) is 5.82 Å². The van der Waals surface area contributed by atoms with Crippen LogP contribution >= 0.6 is 0 Å². The molecule has 0 aliphatic heterocycles. The van der Waals surface area contributed by atoms with Crippen molar-refractivity contribution in [3.63, 3.8) is 0 Å². The molecule has 0 aliphatic rings. The Balaban J connectivity index is 3.01. The van der Waals surface area contributed by atoms with Crippen molar-refractivity contribution in [3.8, 4) is 0 Å². The highest BCUT2D eigenvalue weighted by atomic mass is 19.1. The second-order valence-corrected chi connectivity index (χ2v) is 1.70. The second-order valence-electron chi connectivity index (χ2n) is 1.70. The maximum Gasteiger partial charge on any atom is 0.123 e. The molecule has 0 radical (unpaired) electrons. The first-order valence-electron chi connectivity index (χ1n) is 2.59. The Morgan fingerprint density at radius 1 is 1.22 bits per heavy atom. The van der Waals surface area contributed by atoms with Crippen LogP contribution in [0.1, 0.15) is 5.56 Å². The third kappa shape index (κ3) is 1.35. The van der Waals surface area contributed by atoms with Crippen LogP contribution in [0, 0.1) is 11.2 Å². The molecule has 46 valence electrons. The van der Waals surface area contributed by atoms with Crippen LogP contribution in [-0.2, 0) is 0 Å². The van der Waals surface area contributed by atoms with Crippen molar-refractivity contribution in [2.45, 2.75) is 0 Å². The van der Waals surface area contributed by atoms with Gasteiger partial charge in [-0.2, -0.15) is 0 Å². The molecule has 0 aliphatic carbocycles. The minimum absolute atomic E-state index is 0.263. The first-order chi connectivity index (χ1) is 4.33. The molecule has 0 aromatic heterocycles. The fourth-order valence-electron chi connectivity index (χ4n) is 0.559. The van der Waals surface area contributed by atoms with E-state index in [1.165, 1.54) is 18.3 Å². The van der Waals surface area contributed by atoms with Gasteiger partial charge in [0.05, 0.1) is 0 Å². The highest BCUT2D eigenvalue weighted by Gasteiger charge is 1.86. The molecule has 9 heavy (non-hydrogen) atoms. The lowest BCUT2D eigenvalue weighted by atomic mass is 10.2. The summed E-state index contributed by atoms with van der Waals surface area (Å²) in [6, 6.07) is 5.78. The van der Waals surface area contributed by atoms with Gasteiger partial charge in [0.2, 0.25) is 0 Å². The Hall–Kier alpha value is -1.18. The quantitative estimate of drug-likeness (QED) is 0.551. The average Bonchev–Trinajstić information content (AvgIpc) is 1.90. The minimum Gasteiger partial charge on any atom is -0.308 e. The lowest BCUT2D eigenvalue weighted by Gasteiger charge is -1.87. The Morgan fingerprint density at radius 2 is 1.78 bits per heavy atom. The van der Waals surface area contributed by atoms with Crippen molar-refractivity contribution < 1.29 is 4.39 Å². The normalized spacial score (nSPS) is 9.00. The third-order valence-electron chi connectivity index (χ3n) is 1.04. The maximum absolute atomic E-state index is 12.1. The largest absolute Gasteiger partial charge is 0.308 e. The van der Waals surface area contributed by atoms with Gasteiger partial charge in [-0.05, 0) is 17.7 Å². The smallest absolute Gasteiger partial charge is 0.123 e. The summed E-state index contributed by atoms with van der Waals surface area (Å²) in [5, 5.41) is 6.77. The highest BCUT2D eigenvalue weighted by molar-refractivity contribution is 5.76. The molecule has 0 atom stereocenters. The Kier molecular flexibility index (Phi) is 1.58. The van der Waals surface area contributed by atoms with Crippen LogP contribution in [0.25, 0.3) is 0 Å². The fourth-order valence-corrected chi connectivity index (χ4v) is 0.559. The average molecular weight is 123 g/mol. The number of hydrogen-bond acceptors (Lipinski definition) is 1. The lowest BCUT2D eigenvalue weighted by Crippen LogP contribution is -1.78. The molecule has 1 aromatic carbocycles. The van der Waals surface area contributed by atoms with Crippen LogP contribution < -0.4 is 0 Å². The summed E-state index contributed by atoms with van der Waals surface area (Å²) in [4.78, 5) is 0. The molecule has 0 amide bonds. The van der Waals surface area contributed by atoms with Gasteiger partial charge in [-0.1, -0.05) is 12.1 Å². The molecule has 0 saturated carbocycles. The van der Waals surface area contributed by atoms with Crippen LogP contribution in [0.15, 0.2) is 24.3 Å². The molecule has 0 saturated heterocycles. The van der Waals surface area contributed by atoms with Gasteiger partial charge in [0, 0.05) is 6.21 Å². The van der Waals surface area contributed by atoms with Gasteiger partial charge in [0.15, 0.2) is 0 Å². The van der Waals surface area contributed by atoms with Gasteiger partial charge < -0.3 is 5.41 Å². The van der Waals surface area contributed by atoms with Gasteiger partial charge in [-0.15, -0.1) is 0 Å². The second kappa shape index (κ2) is 2.40. The zero-order chi connectivity index (χ0) is 6.69. The molecule has 1 nitrogen and oxygen atoms in total. The van der Waals surface area contributed by atoms with E-state index in [9.17, 15) is 4.39 Å². The van der Waals surface area contributed by atoms with E-state index in [1.54, 1.807) is 12.1 Å². The summed E-state index contributed by atoms with van der Waals surface area (Å²) in [5.41, 5.74) is 0.719. The van der Waals surface area contributed by atoms with E-state index in [1.807, 2.05) is 0 Å². The van der Waals surface area contributed by atoms with E-state index in [4.69, 9.17) is 5.41 Å². The monoisotopic (exact) mass is 123 g/mol. The summed E-state index contributed by atoms with van der Waals surface area (Å²) in [6.45, 7) is 0. The van der Waals surface area contributed by atoms with E-state index in [2.05, 4.69) is 0 Å². The van der Waals surface area contributed by atoms with Crippen molar-refractivity contribution in [3.05, 3.63) is 35.6 Å².